The Hall–Kier alpha value is -0.120. The average molecular weight is 256 g/mol. The summed E-state index contributed by atoms with van der Waals surface area (Å²) in [6.45, 7) is 1.85. The molecule has 18 heavy (non-hydrogen) atoms. The molecule has 106 valence electrons. The van der Waals surface area contributed by atoms with Gasteiger partial charge in [-0.15, -0.1) is 0 Å². The first-order chi connectivity index (χ1) is 8.71. The molecule has 1 unspecified atom stereocenters. The molecule has 3 heteroatoms. The minimum atomic E-state index is -0.765. The second-order valence-corrected chi connectivity index (χ2v) is 6.17. The van der Waals surface area contributed by atoms with E-state index in [2.05, 4.69) is 0 Å². The molecule has 2 fully saturated rings. The number of unbranched alkanes of at least 4 members (excludes halogenated alkanes) is 1. The fourth-order valence-electron chi connectivity index (χ4n) is 3.39. The van der Waals surface area contributed by atoms with Gasteiger partial charge in [0.2, 0.25) is 0 Å². The molecule has 0 amide bonds. The zero-order valence-corrected chi connectivity index (χ0v) is 11.4. The van der Waals surface area contributed by atoms with E-state index in [0.717, 1.165) is 57.7 Å². The fourth-order valence-corrected chi connectivity index (χ4v) is 3.39. The van der Waals surface area contributed by atoms with E-state index in [1.807, 2.05) is 0 Å². The van der Waals surface area contributed by atoms with E-state index < -0.39 is 11.7 Å². The van der Waals surface area contributed by atoms with Crippen LogP contribution in [-0.4, -0.2) is 35.1 Å². The summed E-state index contributed by atoms with van der Waals surface area (Å²) in [5.74, 6) is 0.825. The summed E-state index contributed by atoms with van der Waals surface area (Å²) in [6.07, 6.45) is 9.84. The summed E-state index contributed by atoms with van der Waals surface area (Å²) in [5.41, 5.74) is -0.765. The van der Waals surface area contributed by atoms with Crippen molar-refractivity contribution in [1.82, 2.24) is 0 Å². The zero-order chi connectivity index (χ0) is 12.8. The Morgan fingerprint density at radius 2 is 1.78 bits per heavy atom. The molecule has 1 saturated carbocycles. The molecule has 1 saturated heterocycles. The topological polar surface area (TPSA) is 49.7 Å². The summed E-state index contributed by atoms with van der Waals surface area (Å²) in [5, 5.41) is 20.3. The largest absolute Gasteiger partial charge is 0.390 e. The van der Waals surface area contributed by atoms with Crippen LogP contribution < -0.4 is 0 Å². The zero-order valence-electron chi connectivity index (χ0n) is 11.4. The number of aliphatic hydroxyl groups excluding tert-OH is 1. The highest BCUT2D eigenvalue weighted by Gasteiger charge is 2.37. The minimum absolute atomic E-state index is 0.505. The van der Waals surface area contributed by atoms with E-state index in [1.165, 1.54) is 25.7 Å². The fraction of sp³-hybridized carbons (Fsp3) is 1.00. The molecule has 2 aliphatic rings. The predicted octanol–water partition coefficient (Wildman–Crippen LogP) is 2.64. The van der Waals surface area contributed by atoms with Gasteiger partial charge in [-0.3, -0.25) is 0 Å². The Kier molecular flexibility index (Phi) is 5.46. The average Bonchev–Trinajstić information content (AvgIpc) is 2.84. The monoisotopic (exact) mass is 256 g/mol. The maximum absolute atomic E-state index is 10.2. The summed E-state index contributed by atoms with van der Waals surface area (Å²) in [4.78, 5) is 0. The van der Waals surface area contributed by atoms with E-state index >= 15 is 0 Å². The quantitative estimate of drug-likeness (QED) is 0.718. The molecule has 1 aliphatic carbocycles. The van der Waals surface area contributed by atoms with Crippen molar-refractivity contribution in [3.8, 4) is 0 Å². The van der Waals surface area contributed by atoms with Gasteiger partial charge in [0.25, 0.3) is 0 Å². The molecular weight excluding hydrogens is 228 g/mol. The summed E-state index contributed by atoms with van der Waals surface area (Å²) in [6, 6.07) is 0. The van der Waals surface area contributed by atoms with Gasteiger partial charge in [-0.2, -0.15) is 0 Å². The third-order valence-electron chi connectivity index (χ3n) is 4.77. The number of hydrogen-bond acceptors (Lipinski definition) is 3. The molecule has 3 nitrogen and oxygen atoms in total. The first-order valence-electron chi connectivity index (χ1n) is 7.69. The van der Waals surface area contributed by atoms with Crippen molar-refractivity contribution in [2.75, 3.05) is 13.2 Å². The first kappa shape index (κ1) is 14.3. The van der Waals surface area contributed by atoms with Crippen molar-refractivity contribution in [3.63, 3.8) is 0 Å². The Morgan fingerprint density at radius 3 is 2.44 bits per heavy atom. The number of hydrogen-bond donors (Lipinski definition) is 2. The van der Waals surface area contributed by atoms with Gasteiger partial charge < -0.3 is 14.9 Å². The van der Waals surface area contributed by atoms with Crippen molar-refractivity contribution < 1.29 is 14.9 Å². The van der Waals surface area contributed by atoms with Crippen LogP contribution in [0.2, 0.25) is 0 Å². The Morgan fingerprint density at radius 1 is 1.11 bits per heavy atom. The van der Waals surface area contributed by atoms with Crippen LogP contribution in [-0.2, 0) is 4.74 Å². The van der Waals surface area contributed by atoms with Crippen molar-refractivity contribution in [2.24, 2.45) is 5.92 Å². The van der Waals surface area contributed by atoms with Crippen LogP contribution in [0.1, 0.15) is 64.2 Å². The van der Waals surface area contributed by atoms with Crippen LogP contribution in [0.5, 0.6) is 0 Å². The van der Waals surface area contributed by atoms with E-state index in [4.69, 9.17) is 4.74 Å². The smallest absolute Gasteiger partial charge is 0.0905 e. The molecule has 0 bridgehead atoms. The molecule has 1 heterocycles. The van der Waals surface area contributed by atoms with E-state index in [1.54, 1.807) is 0 Å². The van der Waals surface area contributed by atoms with Crippen molar-refractivity contribution in [1.29, 1.82) is 0 Å². The van der Waals surface area contributed by atoms with Crippen molar-refractivity contribution in [3.05, 3.63) is 0 Å². The molecule has 2 N–H and O–H groups in total. The molecule has 0 spiro atoms. The molecule has 1 atom stereocenters. The predicted molar refractivity (Wildman–Crippen MR) is 71.4 cm³/mol. The van der Waals surface area contributed by atoms with Gasteiger partial charge >= 0.3 is 0 Å². The normalized spacial score (nSPS) is 26.3. The number of rotatable bonds is 6. The number of ether oxygens (including phenoxy) is 1. The SMILES string of the molecule is OC(CCCCC1CCOCC1)C1(O)CCCC1. The van der Waals surface area contributed by atoms with Gasteiger partial charge in [-0.25, -0.2) is 0 Å². The van der Waals surface area contributed by atoms with Crippen LogP contribution in [0.25, 0.3) is 0 Å². The summed E-state index contributed by atoms with van der Waals surface area (Å²) < 4.78 is 5.35. The molecule has 0 aromatic rings. The van der Waals surface area contributed by atoms with Crippen LogP contribution in [0.4, 0.5) is 0 Å². The third-order valence-corrected chi connectivity index (χ3v) is 4.77. The van der Waals surface area contributed by atoms with Gasteiger partial charge in [-0.05, 0) is 38.0 Å². The second-order valence-electron chi connectivity index (χ2n) is 6.17. The van der Waals surface area contributed by atoms with Gasteiger partial charge in [0.1, 0.15) is 0 Å². The highest BCUT2D eigenvalue weighted by Crippen LogP contribution is 2.34. The van der Waals surface area contributed by atoms with Crippen LogP contribution in [0, 0.1) is 5.92 Å². The molecule has 1 aliphatic heterocycles. The Bertz CT molecular complexity index is 230. The standard InChI is InChI=1S/C15H28O3/c16-14(15(17)9-3-4-10-15)6-2-1-5-13-7-11-18-12-8-13/h13-14,16-17H,1-12H2. The third kappa shape index (κ3) is 3.94. The second kappa shape index (κ2) is 6.88. The molecule has 0 aromatic heterocycles. The van der Waals surface area contributed by atoms with Gasteiger partial charge in [0, 0.05) is 13.2 Å². The maximum Gasteiger partial charge on any atom is 0.0905 e. The van der Waals surface area contributed by atoms with Crippen molar-refractivity contribution >= 4 is 0 Å². The maximum atomic E-state index is 10.2. The van der Waals surface area contributed by atoms with E-state index in [9.17, 15) is 10.2 Å². The lowest BCUT2D eigenvalue weighted by atomic mass is 9.89. The van der Waals surface area contributed by atoms with Gasteiger partial charge in [0.05, 0.1) is 11.7 Å². The molecule has 0 aromatic carbocycles. The first-order valence-corrected chi connectivity index (χ1v) is 7.69. The van der Waals surface area contributed by atoms with Crippen LogP contribution in [0.3, 0.4) is 0 Å². The Balaban J connectivity index is 1.57. The van der Waals surface area contributed by atoms with Gasteiger partial charge in [-0.1, -0.05) is 32.1 Å². The lowest BCUT2D eigenvalue weighted by Crippen LogP contribution is -2.39. The molecule has 2 rings (SSSR count). The highest BCUT2D eigenvalue weighted by molar-refractivity contribution is 4.90. The van der Waals surface area contributed by atoms with Crippen molar-refractivity contribution in [2.45, 2.75) is 75.9 Å². The van der Waals surface area contributed by atoms with Crippen LogP contribution >= 0.6 is 0 Å². The minimum Gasteiger partial charge on any atom is -0.390 e. The lowest BCUT2D eigenvalue weighted by Gasteiger charge is -2.28. The summed E-state index contributed by atoms with van der Waals surface area (Å²) >= 11 is 0. The van der Waals surface area contributed by atoms with E-state index in [-0.39, 0.29) is 0 Å². The van der Waals surface area contributed by atoms with Gasteiger partial charge in [0.15, 0.2) is 0 Å². The molecule has 0 radical (unpaired) electrons. The number of aliphatic hydroxyl groups is 2. The lowest BCUT2D eigenvalue weighted by molar-refractivity contribution is -0.0738. The molecular formula is C15H28O3. The Labute approximate surface area is 111 Å². The highest BCUT2D eigenvalue weighted by atomic mass is 16.5. The van der Waals surface area contributed by atoms with E-state index in [0.29, 0.717) is 0 Å². The van der Waals surface area contributed by atoms with Crippen LogP contribution in [0.15, 0.2) is 0 Å². The summed E-state index contributed by atoms with van der Waals surface area (Å²) in [7, 11) is 0.